The Hall–Kier alpha value is -2.24. The van der Waals surface area contributed by atoms with Gasteiger partial charge < -0.3 is 0 Å². The van der Waals surface area contributed by atoms with Gasteiger partial charge in [-0.1, -0.05) is 0 Å². The molecule has 1 saturated carbocycles. The highest BCUT2D eigenvalue weighted by Gasteiger charge is 2.53. The molecular weight excluding hydrogens is 266 g/mol. The zero-order valence-corrected chi connectivity index (χ0v) is 12.1. The molecule has 0 spiro atoms. The van der Waals surface area contributed by atoms with Gasteiger partial charge in [0.15, 0.2) is 5.82 Å². The van der Waals surface area contributed by atoms with Gasteiger partial charge in [-0.15, -0.1) is 5.10 Å². The van der Waals surface area contributed by atoms with E-state index in [9.17, 15) is 4.79 Å². The molecule has 2 fully saturated rings. The number of carbonyl (C=O) groups is 1. The molecule has 2 aromatic heterocycles. The zero-order chi connectivity index (χ0) is 14.6. The highest BCUT2D eigenvalue weighted by atomic mass is 16.2. The van der Waals surface area contributed by atoms with Crippen LogP contribution in [0.15, 0.2) is 24.5 Å². The molecule has 0 N–H and O–H groups in total. The smallest absolute Gasteiger partial charge is 0.231 e. The molecule has 0 bridgehead atoms. The molecule has 1 saturated heterocycles. The van der Waals surface area contributed by atoms with E-state index in [1.807, 2.05) is 36.9 Å². The van der Waals surface area contributed by atoms with Crippen LogP contribution in [0, 0.1) is 18.8 Å². The van der Waals surface area contributed by atoms with Crippen LogP contribution in [0.3, 0.4) is 0 Å². The van der Waals surface area contributed by atoms with Gasteiger partial charge in [0, 0.05) is 24.9 Å². The lowest BCUT2D eigenvalue weighted by Gasteiger charge is -2.20. The summed E-state index contributed by atoms with van der Waals surface area (Å²) in [4.78, 5) is 13.9. The number of carbonyl (C=O) groups excluding carboxylic acids is 1. The van der Waals surface area contributed by atoms with Gasteiger partial charge in [-0.3, -0.25) is 14.4 Å². The number of amides is 1. The fourth-order valence-electron chi connectivity index (χ4n) is 3.08. The van der Waals surface area contributed by atoms with Crippen molar-refractivity contribution in [1.29, 1.82) is 0 Å². The van der Waals surface area contributed by atoms with Gasteiger partial charge in [0.25, 0.3) is 0 Å². The van der Waals surface area contributed by atoms with Crippen molar-refractivity contribution in [2.75, 3.05) is 11.4 Å². The molecule has 4 rings (SSSR count). The molecule has 0 aromatic carbocycles. The van der Waals surface area contributed by atoms with Crippen molar-refractivity contribution >= 4 is 11.7 Å². The minimum absolute atomic E-state index is 0.0305. The molecule has 3 atom stereocenters. The van der Waals surface area contributed by atoms with Crippen molar-refractivity contribution in [2.45, 2.75) is 26.3 Å². The number of aryl methyl sites for hydroxylation is 1. The van der Waals surface area contributed by atoms with Gasteiger partial charge in [-0.2, -0.15) is 10.2 Å². The van der Waals surface area contributed by atoms with Gasteiger partial charge in [0.2, 0.25) is 5.91 Å². The molecule has 2 aromatic rings. The summed E-state index contributed by atoms with van der Waals surface area (Å²) >= 11 is 0. The maximum absolute atomic E-state index is 12.1. The predicted octanol–water partition coefficient (Wildman–Crippen LogP) is 1.57. The fourth-order valence-corrected chi connectivity index (χ4v) is 3.08. The third kappa shape index (κ3) is 1.93. The summed E-state index contributed by atoms with van der Waals surface area (Å²) in [6, 6.07) is 3.93. The lowest BCUT2D eigenvalue weighted by Crippen LogP contribution is -2.30. The van der Waals surface area contributed by atoms with E-state index in [0.29, 0.717) is 11.7 Å². The standard InChI is InChI=1S/C15H17N5O/c1-9-6-13(10(2)20-5-3-4-16-20)17-18-14(9)19-8-11-7-12(11)15(19)21/h3-6,10-12H,7-8H2,1-2H3/t10-,11-,12-/m1/s1. The van der Waals surface area contributed by atoms with E-state index in [0.717, 1.165) is 24.2 Å². The highest BCUT2D eigenvalue weighted by Crippen LogP contribution is 2.47. The zero-order valence-electron chi connectivity index (χ0n) is 12.1. The second-order valence-electron chi connectivity index (χ2n) is 5.99. The SMILES string of the molecule is Cc1cc([C@@H](C)n2cccn2)nnc1N1C[C@H]2C[C@H]2C1=O. The largest absolute Gasteiger partial charge is 0.295 e. The first kappa shape index (κ1) is 12.5. The molecule has 0 unspecified atom stereocenters. The lowest BCUT2D eigenvalue weighted by molar-refractivity contribution is -0.118. The monoisotopic (exact) mass is 283 g/mol. The normalized spacial score (nSPS) is 25.0. The van der Waals surface area contributed by atoms with Crippen LogP contribution in [0.25, 0.3) is 0 Å². The third-order valence-electron chi connectivity index (χ3n) is 4.51. The summed E-state index contributed by atoms with van der Waals surface area (Å²) in [7, 11) is 0. The summed E-state index contributed by atoms with van der Waals surface area (Å²) in [5.41, 5.74) is 1.85. The Morgan fingerprint density at radius 1 is 1.38 bits per heavy atom. The molecule has 21 heavy (non-hydrogen) atoms. The summed E-state index contributed by atoms with van der Waals surface area (Å²) in [5, 5.41) is 12.9. The number of rotatable bonds is 3. The summed E-state index contributed by atoms with van der Waals surface area (Å²) < 4.78 is 1.85. The Balaban J connectivity index is 1.62. The molecule has 6 nitrogen and oxygen atoms in total. The van der Waals surface area contributed by atoms with E-state index in [2.05, 4.69) is 15.3 Å². The maximum Gasteiger partial charge on any atom is 0.231 e. The first-order valence-electron chi connectivity index (χ1n) is 7.30. The maximum atomic E-state index is 12.1. The average Bonchev–Trinajstić information content (AvgIpc) is 2.91. The Morgan fingerprint density at radius 2 is 2.24 bits per heavy atom. The van der Waals surface area contributed by atoms with E-state index >= 15 is 0 Å². The van der Waals surface area contributed by atoms with Crippen molar-refractivity contribution in [3.8, 4) is 0 Å². The number of fused-ring (bicyclic) bond motifs is 1. The first-order chi connectivity index (χ1) is 10.1. The number of hydrogen-bond donors (Lipinski definition) is 0. The predicted molar refractivity (Wildman–Crippen MR) is 76.8 cm³/mol. The number of nitrogens with zero attached hydrogens (tertiary/aromatic N) is 5. The third-order valence-corrected chi connectivity index (χ3v) is 4.51. The van der Waals surface area contributed by atoms with Crippen LogP contribution in [-0.4, -0.2) is 32.4 Å². The quantitative estimate of drug-likeness (QED) is 0.857. The molecule has 1 amide bonds. The fraction of sp³-hybridized carbons (Fsp3) is 0.467. The van der Waals surface area contributed by atoms with E-state index in [1.54, 1.807) is 11.1 Å². The topological polar surface area (TPSA) is 63.9 Å². The van der Waals surface area contributed by atoms with E-state index in [-0.39, 0.29) is 17.9 Å². The van der Waals surface area contributed by atoms with Crippen molar-refractivity contribution in [2.24, 2.45) is 11.8 Å². The second kappa shape index (κ2) is 4.38. The minimum Gasteiger partial charge on any atom is -0.295 e. The number of piperidine rings is 1. The molecule has 1 aliphatic heterocycles. The van der Waals surface area contributed by atoms with Crippen LogP contribution in [0.5, 0.6) is 0 Å². The van der Waals surface area contributed by atoms with Gasteiger partial charge in [0.05, 0.1) is 11.7 Å². The minimum atomic E-state index is 0.0305. The van der Waals surface area contributed by atoms with Crippen molar-refractivity contribution < 1.29 is 4.79 Å². The van der Waals surface area contributed by atoms with Crippen molar-refractivity contribution in [1.82, 2.24) is 20.0 Å². The molecular formula is C15H17N5O. The molecule has 1 aliphatic carbocycles. The van der Waals surface area contributed by atoms with Crippen LogP contribution in [0.1, 0.15) is 30.6 Å². The van der Waals surface area contributed by atoms with Crippen molar-refractivity contribution in [3.63, 3.8) is 0 Å². The Bertz CT molecular complexity index is 696. The Morgan fingerprint density at radius 3 is 2.86 bits per heavy atom. The summed E-state index contributed by atoms with van der Waals surface area (Å²) in [6.07, 6.45) is 4.71. The molecule has 108 valence electrons. The highest BCUT2D eigenvalue weighted by molar-refractivity contribution is 5.99. The van der Waals surface area contributed by atoms with Gasteiger partial charge in [-0.25, -0.2) is 0 Å². The Kier molecular flexibility index (Phi) is 2.60. The van der Waals surface area contributed by atoms with Crippen molar-refractivity contribution in [3.05, 3.63) is 35.8 Å². The van der Waals surface area contributed by atoms with E-state index in [4.69, 9.17) is 0 Å². The van der Waals surface area contributed by atoms with Crippen LogP contribution in [0.2, 0.25) is 0 Å². The van der Waals surface area contributed by atoms with Gasteiger partial charge in [0.1, 0.15) is 0 Å². The lowest BCUT2D eigenvalue weighted by atomic mass is 10.1. The molecule has 3 heterocycles. The summed E-state index contributed by atoms with van der Waals surface area (Å²) in [6.45, 7) is 4.82. The first-order valence-corrected chi connectivity index (χ1v) is 7.30. The van der Waals surface area contributed by atoms with Crippen LogP contribution in [-0.2, 0) is 4.79 Å². The van der Waals surface area contributed by atoms with Crippen LogP contribution < -0.4 is 4.90 Å². The van der Waals surface area contributed by atoms with Gasteiger partial charge >= 0.3 is 0 Å². The molecule has 6 heteroatoms. The van der Waals surface area contributed by atoms with E-state index in [1.165, 1.54) is 0 Å². The molecule has 2 aliphatic rings. The van der Waals surface area contributed by atoms with E-state index < -0.39 is 0 Å². The van der Waals surface area contributed by atoms with Crippen LogP contribution in [0.4, 0.5) is 5.82 Å². The van der Waals surface area contributed by atoms with Crippen LogP contribution >= 0.6 is 0 Å². The molecule has 0 radical (unpaired) electrons. The summed E-state index contributed by atoms with van der Waals surface area (Å²) in [5.74, 6) is 1.71. The Labute approximate surface area is 122 Å². The number of anilines is 1. The average molecular weight is 283 g/mol. The second-order valence-corrected chi connectivity index (χ2v) is 5.99. The number of hydrogen-bond acceptors (Lipinski definition) is 4. The van der Waals surface area contributed by atoms with Gasteiger partial charge in [-0.05, 0) is 43.9 Å². The number of aromatic nitrogens is 4.